The fourth-order valence-corrected chi connectivity index (χ4v) is 1.22. The van der Waals surface area contributed by atoms with Crippen molar-refractivity contribution in [3.05, 3.63) is 0 Å². The second kappa shape index (κ2) is 6.76. The third-order valence-corrected chi connectivity index (χ3v) is 2.79. The largest absolute Gasteiger partial charge is 0.121 e. The summed E-state index contributed by atoms with van der Waals surface area (Å²) in [5.74, 6) is 1.89. The van der Waals surface area contributed by atoms with E-state index in [0.29, 0.717) is 0 Å². The topological polar surface area (TPSA) is 0 Å². The molecular weight excluding hydrogens is 131 g/mol. The number of hydrogen-bond donors (Lipinski definition) is 0. The van der Waals surface area contributed by atoms with Crippen LogP contribution in [0.1, 0.15) is 40.5 Å². The van der Waals surface area contributed by atoms with Crippen molar-refractivity contribution in [2.75, 3.05) is 0 Å². The van der Waals surface area contributed by atoms with Gasteiger partial charge in [0.05, 0.1) is 0 Å². The van der Waals surface area contributed by atoms with Crippen LogP contribution in [-0.4, -0.2) is 7.28 Å². The normalized spacial score (nSPS) is 16.0. The summed E-state index contributed by atoms with van der Waals surface area (Å²) in [4.78, 5) is 0. The van der Waals surface area contributed by atoms with Crippen molar-refractivity contribution in [3.8, 4) is 0 Å². The minimum Gasteiger partial charge on any atom is -0.0749 e. The van der Waals surface area contributed by atoms with Crippen molar-refractivity contribution in [3.63, 3.8) is 0 Å². The van der Waals surface area contributed by atoms with Crippen LogP contribution in [0.4, 0.5) is 0 Å². The minimum atomic E-state index is 0.944. The molecule has 0 heterocycles. The molecule has 0 aromatic heterocycles. The van der Waals surface area contributed by atoms with E-state index in [2.05, 4.69) is 27.7 Å². The lowest BCUT2D eigenvalue weighted by Gasteiger charge is -2.09. The van der Waals surface area contributed by atoms with Crippen molar-refractivity contribution in [2.24, 2.45) is 11.8 Å². The molecule has 0 aromatic rings. The minimum absolute atomic E-state index is 0.944. The summed E-state index contributed by atoms with van der Waals surface area (Å²) in [6.07, 6.45) is 5.56. The fraction of sp³-hybridized carbons (Fsp3) is 1.00. The molecule has 0 nitrogen and oxygen atoms in total. The Labute approximate surface area is 73.0 Å². The Bertz CT molecular complexity index is 70.9. The van der Waals surface area contributed by atoms with Gasteiger partial charge in [0.15, 0.2) is 0 Å². The summed E-state index contributed by atoms with van der Waals surface area (Å²) in [6.45, 7) is 9.29. The van der Waals surface area contributed by atoms with Crippen LogP contribution in [0.5, 0.6) is 0 Å². The lowest BCUT2D eigenvalue weighted by atomic mass is 9.63. The summed E-state index contributed by atoms with van der Waals surface area (Å²) in [6, 6.07) is 0. The lowest BCUT2D eigenvalue weighted by molar-refractivity contribution is 0.599. The Morgan fingerprint density at radius 1 is 0.909 bits per heavy atom. The van der Waals surface area contributed by atoms with E-state index < -0.39 is 0 Å². The van der Waals surface area contributed by atoms with Gasteiger partial charge in [-0.25, -0.2) is 0 Å². The summed E-state index contributed by atoms with van der Waals surface area (Å²) in [7, 11) is 1.43. The van der Waals surface area contributed by atoms with Crippen LogP contribution in [-0.2, 0) is 0 Å². The maximum atomic E-state index is 2.36. The molecule has 0 rings (SSSR count). The second-order valence-electron chi connectivity index (χ2n) is 3.96. The highest BCUT2D eigenvalue weighted by Crippen LogP contribution is 2.12. The Kier molecular flexibility index (Phi) is 6.80. The Balaban J connectivity index is 3.13. The fourth-order valence-electron chi connectivity index (χ4n) is 1.22. The van der Waals surface area contributed by atoms with Crippen LogP contribution in [0.2, 0.25) is 12.6 Å². The zero-order chi connectivity index (χ0) is 8.69. The first-order valence-electron chi connectivity index (χ1n) is 5.20. The molecule has 11 heavy (non-hydrogen) atoms. The molecule has 0 radical (unpaired) electrons. The van der Waals surface area contributed by atoms with Gasteiger partial charge in [0, 0.05) is 0 Å². The summed E-state index contributed by atoms with van der Waals surface area (Å²) < 4.78 is 0. The highest BCUT2D eigenvalue weighted by molar-refractivity contribution is 6.35. The smallest absolute Gasteiger partial charge is 0.0749 e. The van der Waals surface area contributed by atoms with Crippen molar-refractivity contribution < 1.29 is 0 Å². The first kappa shape index (κ1) is 11.1. The van der Waals surface area contributed by atoms with Crippen molar-refractivity contribution in [1.82, 2.24) is 0 Å². The van der Waals surface area contributed by atoms with Crippen molar-refractivity contribution >= 4 is 7.28 Å². The van der Waals surface area contributed by atoms with Crippen LogP contribution in [0.25, 0.3) is 0 Å². The Morgan fingerprint density at radius 3 is 1.55 bits per heavy atom. The van der Waals surface area contributed by atoms with Gasteiger partial charge in [-0.3, -0.25) is 0 Å². The highest BCUT2D eigenvalue weighted by Gasteiger charge is 2.03. The molecule has 0 aliphatic heterocycles. The van der Waals surface area contributed by atoms with Gasteiger partial charge in [-0.15, -0.1) is 0 Å². The first-order chi connectivity index (χ1) is 5.20. The van der Waals surface area contributed by atoms with Gasteiger partial charge in [0.1, 0.15) is 7.28 Å². The molecule has 1 heteroatoms. The van der Waals surface area contributed by atoms with E-state index in [1.165, 1.54) is 32.8 Å². The van der Waals surface area contributed by atoms with Crippen LogP contribution in [0, 0.1) is 11.8 Å². The molecule has 0 bridgehead atoms. The predicted molar refractivity (Wildman–Crippen MR) is 55.7 cm³/mol. The van der Waals surface area contributed by atoms with Crippen LogP contribution >= 0.6 is 0 Å². The number of rotatable bonds is 6. The van der Waals surface area contributed by atoms with Crippen LogP contribution < -0.4 is 0 Å². The molecule has 0 fully saturated rings. The maximum Gasteiger partial charge on any atom is 0.121 e. The lowest BCUT2D eigenvalue weighted by Crippen LogP contribution is -2.02. The molecule has 0 amide bonds. The van der Waals surface area contributed by atoms with E-state index >= 15 is 0 Å². The first-order valence-corrected chi connectivity index (χ1v) is 5.20. The average molecular weight is 154 g/mol. The molecule has 0 N–H and O–H groups in total. The van der Waals surface area contributed by atoms with Gasteiger partial charge in [0.25, 0.3) is 0 Å². The van der Waals surface area contributed by atoms with Crippen molar-refractivity contribution in [2.45, 2.75) is 53.2 Å². The Hall–Kier alpha value is 0.0649. The number of hydrogen-bond acceptors (Lipinski definition) is 0. The van der Waals surface area contributed by atoms with Gasteiger partial charge < -0.3 is 0 Å². The molecule has 0 saturated heterocycles. The molecule has 2 atom stereocenters. The van der Waals surface area contributed by atoms with E-state index in [1.807, 2.05) is 0 Å². The zero-order valence-electron chi connectivity index (χ0n) is 8.69. The monoisotopic (exact) mass is 154 g/mol. The van der Waals surface area contributed by atoms with E-state index in [4.69, 9.17) is 0 Å². The molecule has 0 aliphatic rings. The second-order valence-corrected chi connectivity index (χ2v) is 3.96. The van der Waals surface area contributed by atoms with E-state index in [1.54, 1.807) is 0 Å². The van der Waals surface area contributed by atoms with Gasteiger partial charge in [0.2, 0.25) is 0 Å². The molecule has 0 spiro atoms. The maximum absolute atomic E-state index is 2.36. The van der Waals surface area contributed by atoms with Gasteiger partial charge in [-0.2, -0.15) is 0 Å². The van der Waals surface area contributed by atoms with E-state index in [0.717, 1.165) is 11.8 Å². The van der Waals surface area contributed by atoms with Crippen LogP contribution in [0.15, 0.2) is 0 Å². The quantitative estimate of drug-likeness (QED) is 0.514. The molecule has 0 aromatic carbocycles. The zero-order valence-corrected chi connectivity index (χ0v) is 8.69. The summed E-state index contributed by atoms with van der Waals surface area (Å²) >= 11 is 0. The highest BCUT2D eigenvalue weighted by atomic mass is 14.0. The predicted octanol–water partition coefficient (Wildman–Crippen LogP) is 3.35. The van der Waals surface area contributed by atoms with Crippen LogP contribution in [0.3, 0.4) is 0 Å². The van der Waals surface area contributed by atoms with E-state index in [-0.39, 0.29) is 0 Å². The summed E-state index contributed by atoms with van der Waals surface area (Å²) in [5, 5.41) is 0. The van der Waals surface area contributed by atoms with E-state index in [9.17, 15) is 0 Å². The SMILES string of the molecule is CCC(C)CBCC(C)CC. The van der Waals surface area contributed by atoms with Crippen molar-refractivity contribution in [1.29, 1.82) is 0 Å². The third-order valence-electron chi connectivity index (χ3n) is 2.79. The van der Waals surface area contributed by atoms with Gasteiger partial charge in [-0.1, -0.05) is 65.0 Å². The molecule has 66 valence electrons. The summed E-state index contributed by atoms with van der Waals surface area (Å²) in [5.41, 5.74) is 0. The standard InChI is InChI=1S/C10H23B/c1-5-9(3)7-11-8-10(4)6-2/h9-11H,5-8H2,1-4H3. The molecule has 0 aliphatic carbocycles. The molecule has 0 saturated carbocycles. The van der Waals surface area contributed by atoms with Gasteiger partial charge in [-0.05, 0) is 0 Å². The Morgan fingerprint density at radius 2 is 1.27 bits per heavy atom. The average Bonchev–Trinajstić information content (AvgIpc) is 2.04. The van der Waals surface area contributed by atoms with Gasteiger partial charge >= 0.3 is 0 Å². The molecule has 2 unspecified atom stereocenters. The molecular formula is C10H23B. The third kappa shape index (κ3) is 6.46.